The quantitative estimate of drug-likeness (QED) is 0.346. The lowest BCUT2D eigenvalue weighted by Crippen LogP contribution is -2.14. The van der Waals surface area contributed by atoms with Crippen molar-refractivity contribution in [3.05, 3.63) is 65.6 Å². The molecule has 1 fully saturated rings. The molecule has 1 aromatic heterocycles. The maximum Gasteiger partial charge on any atom is 0.250 e. The number of carbonyl (C=O) groups is 1. The third-order valence-corrected chi connectivity index (χ3v) is 8.83. The van der Waals surface area contributed by atoms with E-state index in [2.05, 4.69) is 10.3 Å². The fourth-order valence-corrected chi connectivity index (χ4v) is 6.40. The first-order valence-electron chi connectivity index (χ1n) is 11.8. The molecule has 35 heavy (non-hydrogen) atoms. The molecule has 2 aromatic carbocycles. The first kappa shape index (κ1) is 25.1. The normalized spacial score (nSPS) is 14.8. The summed E-state index contributed by atoms with van der Waals surface area (Å²) in [5.41, 5.74) is 2.47. The Kier molecular flexibility index (Phi) is 8.36. The summed E-state index contributed by atoms with van der Waals surface area (Å²) in [6.07, 6.45) is 9.80. The lowest BCUT2D eigenvalue weighted by atomic mass is 9.88. The highest BCUT2D eigenvalue weighted by molar-refractivity contribution is 7.91. The van der Waals surface area contributed by atoms with E-state index in [0.717, 1.165) is 41.8 Å². The molecule has 3 aromatic rings. The highest BCUT2D eigenvalue weighted by atomic mass is 32.2. The fourth-order valence-electron chi connectivity index (χ4n) is 4.25. The van der Waals surface area contributed by atoms with Crippen LogP contribution in [0.5, 0.6) is 5.75 Å². The summed E-state index contributed by atoms with van der Waals surface area (Å²) in [7, 11) is -1.67. The van der Waals surface area contributed by atoms with Gasteiger partial charge in [0.15, 0.2) is 15.0 Å². The van der Waals surface area contributed by atoms with E-state index in [9.17, 15) is 13.2 Å². The maximum atomic E-state index is 12.7. The van der Waals surface area contributed by atoms with Crippen molar-refractivity contribution in [2.24, 2.45) is 5.92 Å². The Labute approximate surface area is 211 Å². The van der Waals surface area contributed by atoms with Crippen LogP contribution >= 0.6 is 11.3 Å². The number of hydrogen-bond donors (Lipinski definition) is 1. The van der Waals surface area contributed by atoms with E-state index in [-0.39, 0.29) is 11.7 Å². The molecular formula is C27H30N2O4S2. The Morgan fingerprint density at radius 1 is 1.09 bits per heavy atom. The molecule has 1 N–H and O–H groups in total. The SMILES string of the molecule is COc1ccc(-c2csc(NC(=O)/C=C\c3ccc(S(=O)(=O)CCC4CCCCC4)cc3)n2)cc1. The van der Waals surface area contributed by atoms with Gasteiger partial charge in [-0.3, -0.25) is 10.1 Å². The van der Waals surface area contributed by atoms with Gasteiger partial charge in [0.25, 0.3) is 0 Å². The number of hydrogen-bond acceptors (Lipinski definition) is 6. The molecule has 1 heterocycles. The number of nitrogens with zero attached hydrogens (tertiary/aromatic N) is 1. The molecule has 0 atom stereocenters. The molecule has 0 spiro atoms. The summed E-state index contributed by atoms with van der Waals surface area (Å²) in [5, 5.41) is 5.16. The van der Waals surface area contributed by atoms with Crippen LogP contribution < -0.4 is 10.1 Å². The van der Waals surface area contributed by atoms with Gasteiger partial charge in [-0.25, -0.2) is 13.4 Å². The van der Waals surface area contributed by atoms with Gasteiger partial charge in [0.05, 0.1) is 23.5 Å². The summed E-state index contributed by atoms with van der Waals surface area (Å²) in [6, 6.07) is 14.3. The second kappa shape index (κ2) is 11.6. The van der Waals surface area contributed by atoms with Crippen molar-refractivity contribution in [2.45, 2.75) is 43.4 Å². The van der Waals surface area contributed by atoms with Gasteiger partial charge in [-0.2, -0.15) is 0 Å². The minimum atomic E-state index is -3.29. The van der Waals surface area contributed by atoms with E-state index in [4.69, 9.17) is 4.74 Å². The van der Waals surface area contributed by atoms with Crippen LogP contribution in [-0.2, 0) is 14.6 Å². The number of ether oxygens (including phenoxy) is 1. The van der Waals surface area contributed by atoms with Crippen molar-refractivity contribution in [3.8, 4) is 17.0 Å². The number of benzene rings is 2. The third-order valence-electron chi connectivity index (χ3n) is 6.31. The van der Waals surface area contributed by atoms with Gasteiger partial charge in [-0.15, -0.1) is 11.3 Å². The molecule has 0 saturated heterocycles. The van der Waals surface area contributed by atoms with Crippen LogP contribution in [0.15, 0.2) is 64.9 Å². The van der Waals surface area contributed by atoms with Gasteiger partial charge in [0.2, 0.25) is 5.91 Å². The van der Waals surface area contributed by atoms with E-state index in [0.29, 0.717) is 15.9 Å². The molecule has 0 unspecified atom stereocenters. The summed E-state index contributed by atoms with van der Waals surface area (Å²) in [6.45, 7) is 0. The Hall–Kier alpha value is -2.97. The van der Waals surface area contributed by atoms with E-state index >= 15 is 0 Å². The van der Waals surface area contributed by atoms with Crippen molar-refractivity contribution in [1.82, 2.24) is 4.98 Å². The molecule has 6 nitrogen and oxygen atoms in total. The smallest absolute Gasteiger partial charge is 0.250 e. The molecule has 4 rings (SSSR count). The van der Waals surface area contributed by atoms with E-state index in [1.165, 1.54) is 36.7 Å². The van der Waals surface area contributed by atoms with Crippen LogP contribution in [0.4, 0.5) is 5.13 Å². The van der Waals surface area contributed by atoms with E-state index in [1.54, 1.807) is 37.5 Å². The highest BCUT2D eigenvalue weighted by Gasteiger charge is 2.19. The van der Waals surface area contributed by atoms with Crippen LogP contribution in [-0.4, -0.2) is 32.2 Å². The van der Waals surface area contributed by atoms with Crippen LogP contribution in [0.1, 0.15) is 44.1 Å². The first-order chi connectivity index (χ1) is 16.9. The van der Waals surface area contributed by atoms with Crippen LogP contribution in [0.2, 0.25) is 0 Å². The number of rotatable bonds is 9. The van der Waals surface area contributed by atoms with Crippen LogP contribution in [0.25, 0.3) is 17.3 Å². The molecule has 1 aliphatic carbocycles. The number of carbonyl (C=O) groups excluding carboxylic acids is 1. The van der Waals surface area contributed by atoms with Crippen LogP contribution in [0.3, 0.4) is 0 Å². The molecule has 184 valence electrons. The van der Waals surface area contributed by atoms with Crippen molar-refractivity contribution >= 4 is 38.3 Å². The van der Waals surface area contributed by atoms with Crippen molar-refractivity contribution in [1.29, 1.82) is 0 Å². The number of nitrogens with one attached hydrogen (secondary N) is 1. The number of anilines is 1. The predicted octanol–water partition coefficient (Wildman–Crippen LogP) is 6.21. The molecular weight excluding hydrogens is 480 g/mol. The average molecular weight is 511 g/mol. The lowest BCUT2D eigenvalue weighted by Gasteiger charge is -2.21. The highest BCUT2D eigenvalue weighted by Crippen LogP contribution is 2.28. The van der Waals surface area contributed by atoms with Gasteiger partial charge in [-0.1, -0.05) is 44.2 Å². The number of amides is 1. The van der Waals surface area contributed by atoms with Crippen molar-refractivity contribution in [2.75, 3.05) is 18.2 Å². The molecule has 0 aliphatic heterocycles. The summed E-state index contributed by atoms with van der Waals surface area (Å²) >= 11 is 1.35. The molecule has 8 heteroatoms. The Morgan fingerprint density at radius 2 is 1.80 bits per heavy atom. The van der Waals surface area contributed by atoms with Gasteiger partial charge >= 0.3 is 0 Å². The first-order valence-corrected chi connectivity index (χ1v) is 14.4. The molecule has 1 amide bonds. The zero-order valence-corrected chi connectivity index (χ0v) is 21.4. The second-order valence-corrected chi connectivity index (χ2v) is 11.7. The van der Waals surface area contributed by atoms with Crippen molar-refractivity contribution < 1.29 is 17.9 Å². The predicted molar refractivity (Wildman–Crippen MR) is 141 cm³/mol. The molecule has 0 bridgehead atoms. The number of thiazole rings is 1. The molecule has 1 aliphatic rings. The lowest BCUT2D eigenvalue weighted by molar-refractivity contribution is -0.111. The zero-order valence-electron chi connectivity index (χ0n) is 19.8. The number of sulfone groups is 1. The van der Waals surface area contributed by atoms with Gasteiger partial charge < -0.3 is 4.74 Å². The topological polar surface area (TPSA) is 85.4 Å². The average Bonchev–Trinajstić information content (AvgIpc) is 3.35. The molecule has 1 saturated carbocycles. The van der Waals surface area contributed by atoms with Crippen molar-refractivity contribution in [3.63, 3.8) is 0 Å². The fraction of sp³-hybridized carbons (Fsp3) is 0.333. The summed E-state index contributed by atoms with van der Waals surface area (Å²) < 4.78 is 30.6. The summed E-state index contributed by atoms with van der Waals surface area (Å²) in [5.74, 6) is 1.20. The monoisotopic (exact) mass is 510 g/mol. The Bertz CT molecular complexity index is 1260. The van der Waals surface area contributed by atoms with Gasteiger partial charge in [0, 0.05) is 17.0 Å². The van der Waals surface area contributed by atoms with Gasteiger partial charge in [-0.05, 0) is 60.4 Å². The van der Waals surface area contributed by atoms with E-state index < -0.39 is 9.84 Å². The van der Waals surface area contributed by atoms with E-state index in [1.807, 2.05) is 29.6 Å². The maximum absolute atomic E-state index is 12.7. The number of aromatic nitrogens is 1. The third kappa shape index (κ3) is 7.02. The minimum absolute atomic E-state index is 0.196. The zero-order chi connectivity index (χ0) is 24.7. The van der Waals surface area contributed by atoms with Gasteiger partial charge in [0.1, 0.15) is 5.75 Å². The second-order valence-electron chi connectivity index (χ2n) is 8.77. The Morgan fingerprint density at radius 3 is 2.49 bits per heavy atom. The molecule has 0 radical (unpaired) electrons. The summed E-state index contributed by atoms with van der Waals surface area (Å²) in [4.78, 5) is 17.1. The largest absolute Gasteiger partial charge is 0.497 e. The Balaban J connectivity index is 1.30. The minimum Gasteiger partial charge on any atom is -0.497 e. The standard InChI is InChI=1S/C27H30N2O4S2/c1-33-23-12-10-22(11-13-23)25-19-34-27(28-25)29-26(30)16-9-21-7-14-24(15-8-21)35(31,32)18-17-20-5-3-2-4-6-20/h7-16,19-20H,2-6,17-18H2,1H3,(H,28,29,30)/b16-9-. The van der Waals surface area contributed by atoms with Crippen LogP contribution in [0, 0.1) is 5.92 Å². The number of methoxy groups -OCH3 is 1.